The normalized spacial score (nSPS) is 10.9. The number of thioether (sulfide) groups is 1. The molecule has 0 unspecified atom stereocenters. The van der Waals surface area contributed by atoms with Gasteiger partial charge in [0.05, 0.1) is 0 Å². The third-order valence-electron chi connectivity index (χ3n) is 3.33. The minimum atomic E-state index is 0.546. The molecule has 112 valence electrons. The van der Waals surface area contributed by atoms with E-state index in [9.17, 15) is 0 Å². The largest absolute Gasteiger partial charge is 0.411 e. The predicted octanol–water partition coefficient (Wildman–Crippen LogP) is 5.41. The Balaban J connectivity index is 1.72. The number of halogens is 1. The number of rotatable bonds is 4. The highest BCUT2D eigenvalue weighted by atomic mass is 79.9. The van der Waals surface area contributed by atoms with Crippen molar-refractivity contribution < 1.29 is 4.42 Å². The van der Waals surface area contributed by atoms with Crippen molar-refractivity contribution in [3.8, 4) is 11.5 Å². The second-order valence-electron chi connectivity index (χ2n) is 5.10. The van der Waals surface area contributed by atoms with Crippen LogP contribution in [0.3, 0.4) is 0 Å². The van der Waals surface area contributed by atoms with Gasteiger partial charge >= 0.3 is 0 Å². The van der Waals surface area contributed by atoms with Gasteiger partial charge in [-0.25, -0.2) is 0 Å². The van der Waals surface area contributed by atoms with Crippen molar-refractivity contribution in [1.29, 1.82) is 0 Å². The first-order chi connectivity index (χ1) is 10.6. The summed E-state index contributed by atoms with van der Waals surface area (Å²) in [7, 11) is 0. The molecule has 0 atom stereocenters. The van der Waals surface area contributed by atoms with Crippen LogP contribution < -0.4 is 0 Å². The molecule has 0 saturated carbocycles. The van der Waals surface area contributed by atoms with E-state index in [0.29, 0.717) is 11.1 Å². The lowest BCUT2D eigenvalue weighted by molar-refractivity contribution is 0.466. The van der Waals surface area contributed by atoms with Gasteiger partial charge in [-0.2, -0.15) is 0 Å². The number of hydrogen-bond donors (Lipinski definition) is 0. The number of aryl methyl sites for hydroxylation is 2. The summed E-state index contributed by atoms with van der Waals surface area (Å²) in [5, 5.41) is 8.83. The van der Waals surface area contributed by atoms with Crippen molar-refractivity contribution in [2.45, 2.75) is 24.8 Å². The molecule has 0 aliphatic heterocycles. The average molecular weight is 375 g/mol. The lowest BCUT2D eigenvalue weighted by Crippen LogP contribution is -1.87. The van der Waals surface area contributed by atoms with Crippen LogP contribution in [0, 0.1) is 13.8 Å². The Morgan fingerprint density at radius 3 is 2.73 bits per heavy atom. The fraction of sp³-hybridized carbons (Fsp3) is 0.176. The van der Waals surface area contributed by atoms with E-state index in [1.54, 1.807) is 11.8 Å². The van der Waals surface area contributed by atoms with Gasteiger partial charge in [-0.05, 0) is 43.2 Å². The number of nitrogens with zero attached hydrogens (tertiary/aromatic N) is 2. The van der Waals surface area contributed by atoms with Crippen LogP contribution in [0.2, 0.25) is 0 Å². The molecule has 0 fully saturated rings. The van der Waals surface area contributed by atoms with E-state index >= 15 is 0 Å². The first-order valence-corrected chi connectivity index (χ1v) is 8.68. The fourth-order valence-electron chi connectivity index (χ4n) is 2.15. The summed E-state index contributed by atoms with van der Waals surface area (Å²) < 4.78 is 6.72. The third kappa shape index (κ3) is 3.59. The van der Waals surface area contributed by atoms with Crippen molar-refractivity contribution in [2.75, 3.05) is 0 Å². The Kier molecular flexibility index (Phi) is 4.64. The Morgan fingerprint density at radius 2 is 1.95 bits per heavy atom. The molecule has 1 aromatic heterocycles. The standard InChI is InChI=1S/C17H15BrN2OS/c1-11-6-7-14(12(2)8-11)10-22-17-20-19-16(21-17)13-4-3-5-15(18)9-13/h3-9H,10H2,1-2H3. The van der Waals surface area contributed by atoms with Crippen LogP contribution in [-0.4, -0.2) is 10.2 Å². The molecular formula is C17H15BrN2OS. The van der Waals surface area contributed by atoms with Crippen molar-refractivity contribution in [1.82, 2.24) is 10.2 Å². The van der Waals surface area contributed by atoms with Gasteiger partial charge in [0.2, 0.25) is 5.89 Å². The second kappa shape index (κ2) is 6.67. The van der Waals surface area contributed by atoms with E-state index < -0.39 is 0 Å². The van der Waals surface area contributed by atoms with Gasteiger partial charge in [-0.1, -0.05) is 57.5 Å². The van der Waals surface area contributed by atoms with Crippen LogP contribution in [0.4, 0.5) is 0 Å². The topological polar surface area (TPSA) is 38.9 Å². The van der Waals surface area contributed by atoms with Crippen molar-refractivity contribution >= 4 is 27.7 Å². The lowest BCUT2D eigenvalue weighted by atomic mass is 10.1. The molecule has 3 nitrogen and oxygen atoms in total. The summed E-state index contributed by atoms with van der Waals surface area (Å²) in [5.74, 6) is 1.37. The molecule has 22 heavy (non-hydrogen) atoms. The van der Waals surface area contributed by atoms with Crippen LogP contribution in [0.15, 0.2) is 56.6 Å². The number of hydrogen-bond acceptors (Lipinski definition) is 4. The summed E-state index contributed by atoms with van der Waals surface area (Å²) in [4.78, 5) is 0. The van der Waals surface area contributed by atoms with Gasteiger partial charge in [-0.15, -0.1) is 10.2 Å². The maximum atomic E-state index is 5.73. The van der Waals surface area contributed by atoms with Crippen molar-refractivity contribution in [2.24, 2.45) is 0 Å². The molecule has 5 heteroatoms. The van der Waals surface area contributed by atoms with Crippen LogP contribution in [0.25, 0.3) is 11.5 Å². The lowest BCUT2D eigenvalue weighted by Gasteiger charge is -2.04. The first-order valence-electron chi connectivity index (χ1n) is 6.90. The smallest absolute Gasteiger partial charge is 0.277 e. The molecule has 0 spiro atoms. The summed E-state index contributed by atoms with van der Waals surface area (Å²) >= 11 is 5.01. The second-order valence-corrected chi connectivity index (χ2v) is 6.94. The van der Waals surface area contributed by atoms with Crippen LogP contribution in [0.1, 0.15) is 16.7 Å². The highest BCUT2D eigenvalue weighted by Gasteiger charge is 2.10. The fourth-order valence-corrected chi connectivity index (χ4v) is 3.39. The Morgan fingerprint density at radius 1 is 1.09 bits per heavy atom. The minimum Gasteiger partial charge on any atom is -0.411 e. The molecule has 3 aromatic rings. The molecule has 0 N–H and O–H groups in total. The molecule has 1 heterocycles. The van der Waals surface area contributed by atoms with Gasteiger partial charge in [0.25, 0.3) is 5.22 Å². The molecule has 0 saturated heterocycles. The van der Waals surface area contributed by atoms with E-state index in [-0.39, 0.29) is 0 Å². The first kappa shape index (κ1) is 15.3. The van der Waals surface area contributed by atoms with Gasteiger partial charge in [-0.3, -0.25) is 0 Å². The maximum Gasteiger partial charge on any atom is 0.277 e. The van der Waals surface area contributed by atoms with Crippen LogP contribution in [0.5, 0.6) is 0 Å². The van der Waals surface area contributed by atoms with Crippen molar-refractivity contribution in [3.63, 3.8) is 0 Å². The maximum absolute atomic E-state index is 5.73. The molecule has 0 radical (unpaired) electrons. The Hall–Kier alpha value is -1.59. The van der Waals surface area contributed by atoms with E-state index in [0.717, 1.165) is 15.8 Å². The summed E-state index contributed by atoms with van der Waals surface area (Å²) in [6, 6.07) is 14.3. The molecule has 0 aliphatic rings. The predicted molar refractivity (Wildman–Crippen MR) is 92.9 cm³/mol. The SMILES string of the molecule is Cc1ccc(CSc2nnc(-c3cccc(Br)c3)o2)c(C)c1. The molecule has 2 aromatic carbocycles. The van der Waals surface area contributed by atoms with Crippen LogP contribution >= 0.6 is 27.7 Å². The van der Waals surface area contributed by atoms with Gasteiger partial charge in [0, 0.05) is 15.8 Å². The molecule has 0 aliphatic carbocycles. The molecule has 0 amide bonds. The Labute approximate surface area is 142 Å². The van der Waals surface area contributed by atoms with E-state index in [1.807, 2.05) is 24.3 Å². The van der Waals surface area contributed by atoms with E-state index in [1.165, 1.54) is 16.7 Å². The van der Waals surface area contributed by atoms with Gasteiger partial charge < -0.3 is 4.42 Å². The van der Waals surface area contributed by atoms with Crippen molar-refractivity contribution in [3.05, 3.63) is 63.6 Å². The molecule has 3 rings (SSSR count). The molecule has 0 bridgehead atoms. The zero-order valence-corrected chi connectivity index (χ0v) is 14.7. The average Bonchev–Trinajstić information content (AvgIpc) is 2.95. The third-order valence-corrected chi connectivity index (χ3v) is 4.69. The quantitative estimate of drug-likeness (QED) is 0.572. The summed E-state index contributed by atoms with van der Waals surface area (Å²) in [6.45, 7) is 4.23. The van der Waals surface area contributed by atoms with Gasteiger partial charge in [0.1, 0.15) is 0 Å². The molecular weight excluding hydrogens is 360 g/mol. The minimum absolute atomic E-state index is 0.546. The monoisotopic (exact) mass is 374 g/mol. The zero-order valence-electron chi connectivity index (χ0n) is 12.3. The number of aromatic nitrogens is 2. The number of benzene rings is 2. The summed E-state index contributed by atoms with van der Waals surface area (Å²) in [5.41, 5.74) is 4.78. The van der Waals surface area contributed by atoms with Crippen LogP contribution in [-0.2, 0) is 5.75 Å². The zero-order chi connectivity index (χ0) is 15.5. The Bertz CT molecular complexity index is 801. The van der Waals surface area contributed by atoms with E-state index in [4.69, 9.17) is 4.42 Å². The van der Waals surface area contributed by atoms with E-state index in [2.05, 4.69) is 58.2 Å². The summed E-state index contributed by atoms with van der Waals surface area (Å²) in [6.07, 6.45) is 0. The highest BCUT2D eigenvalue weighted by molar-refractivity contribution is 9.10. The van der Waals surface area contributed by atoms with Gasteiger partial charge in [0.15, 0.2) is 0 Å². The highest BCUT2D eigenvalue weighted by Crippen LogP contribution is 2.28.